The van der Waals surface area contributed by atoms with Crippen LogP contribution in [0.1, 0.15) is 0 Å². The molecule has 0 aliphatic rings. The standard InChI is InChI=1S/2C5H12O4.Pb/c2*6-1-5(2-7,3-8)4-9;/h2*6-9H,1-4H2;. The molecule has 0 aromatic heterocycles. The summed E-state index contributed by atoms with van der Waals surface area (Å²) in [7, 11) is 0. The Morgan fingerprint density at radius 1 is 0.368 bits per heavy atom. The third kappa shape index (κ3) is 8.47. The van der Waals surface area contributed by atoms with Gasteiger partial charge < -0.3 is 40.9 Å². The van der Waals surface area contributed by atoms with Crippen LogP contribution in [0.15, 0.2) is 0 Å². The summed E-state index contributed by atoms with van der Waals surface area (Å²) in [5.41, 5.74) is -2.22. The molecule has 0 rings (SSSR count). The Kier molecular flexibility index (Phi) is 17.6. The second-order valence-corrected chi connectivity index (χ2v) is 4.26. The quantitative estimate of drug-likeness (QED) is 0.162. The smallest absolute Gasteiger partial charge is 0.0627 e. The van der Waals surface area contributed by atoms with E-state index < -0.39 is 63.7 Å². The largest absolute Gasteiger partial charge is 0.396 e. The van der Waals surface area contributed by atoms with Crippen LogP contribution in [0.2, 0.25) is 0 Å². The first-order valence-electron chi connectivity index (χ1n) is 5.36. The van der Waals surface area contributed by atoms with Gasteiger partial charge in [-0.3, -0.25) is 0 Å². The summed E-state index contributed by atoms with van der Waals surface area (Å²) in [6.07, 6.45) is 0. The van der Waals surface area contributed by atoms with Gasteiger partial charge in [-0.25, -0.2) is 0 Å². The number of hydrogen-bond acceptors (Lipinski definition) is 8. The summed E-state index contributed by atoms with van der Waals surface area (Å²) in [5, 5.41) is 68.0. The molecule has 0 fully saturated rings. The molecule has 116 valence electrons. The molecule has 9 heteroatoms. The third-order valence-electron chi connectivity index (χ3n) is 2.68. The number of hydrogen-bond donors (Lipinski definition) is 8. The molecule has 0 heterocycles. The fraction of sp³-hybridized carbons (Fsp3) is 1.00. The molecular weight excluding hydrogens is 455 g/mol. The molecule has 0 spiro atoms. The van der Waals surface area contributed by atoms with E-state index >= 15 is 0 Å². The Morgan fingerprint density at radius 2 is 0.474 bits per heavy atom. The maximum atomic E-state index is 8.50. The molecule has 0 saturated carbocycles. The molecule has 0 amide bonds. The van der Waals surface area contributed by atoms with E-state index in [4.69, 9.17) is 40.9 Å². The summed E-state index contributed by atoms with van der Waals surface area (Å²) < 4.78 is 0. The summed E-state index contributed by atoms with van der Waals surface area (Å²) in [6, 6.07) is 0. The van der Waals surface area contributed by atoms with E-state index in [0.717, 1.165) is 0 Å². The number of aliphatic hydroxyl groups excluding tert-OH is 8. The Balaban J connectivity index is -0.000000256. The number of aliphatic hydroxyl groups is 8. The van der Waals surface area contributed by atoms with Crippen molar-refractivity contribution >= 4 is 27.3 Å². The van der Waals surface area contributed by atoms with Crippen LogP contribution in [0, 0.1) is 10.8 Å². The normalized spacial score (nSPS) is 11.4. The summed E-state index contributed by atoms with van der Waals surface area (Å²) in [4.78, 5) is 0. The Morgan fingerprint density at radius 3 is 0.474 bits per heavy atom. The van der Waals surface area contributed by atoms with Crippen molar-refractivity contribution in [2.45, 2.75) is 0 Å². The Bertz CT molecular complexity index is 129. The van der Waals surface area contributed by atoms with Gasteiger partial charge in [0.1, 0.15) is 0 Å². The first-order valence-corrected chi connectivity index (χ1v) is 5.36. The molecule has 0 bridgehead atoms. The van der Waals surface area contributed by atoms with Crippen molar-refractivity contribution < 1.29 is 40.9 Å². The molecule has 8 nitrogen and oxygen atoms in total. The minimum absolute atomic E-state index is 0. The predicted octanol–water partition coefficient (Wildman–Crippen LogP) is -4.50. The van der Waals surface area contributed by atoms with Gasteiger partial charge >= 0.3 is 0 Å². The SMILES string of the molecule is OCC(CO)(CO)CO.OCC(CO)(CO)CO.[Pb]. The van der Waals surface area contributed by atoms with Gasteiger partial charge in [-0.1, -0.05) is 0 Å². The average molecular weight is 479 g/mol. The van der Waals surface area contributed by atoms with Gasteiger partial charge in [0, 0.05) is 27.3 Å². The fourth-order valence-corrected chi connectivity index (χ4v) is 0.600. The second-order valence-electron chi connectivity index (χ2n) is 4.26. The molecule has 8 N–H and O–H groups in total. The fourth-order valence-electron chi connectivity index (χ4n) is 0.600. The van der Waals surface area contributed by atoms with Gasteiger partial charge in [0.25, 0.3) is 0 Å². The van der Waals surface area contributed by atoms with Gasteiger partial charge in [0.15, 0.2) is 0 Å². The zero-order valence-electron chi connectivity index (χ0n) is 10.7. The second kappa shape index (κ2) is 13.6. The first kappa shape index (κ1) is 24.6. The van der Waals surface area contributed by atoms with Gasteiger partial charge in [-0.15, -0.1) is 0 Å². The van der Waals surface area contributed by atoms with Crippen molar-refractivity contribution in [1.82, 2.24) is 0 Å². The summed E-state index contributed by atoms with van der Waals surface area (Å²) in [6.45, 7) is -3.25. The maximum absolute atomic E-state index is 8.50. The average Bonchev–Trinajstić information content (AvgIpc) is 2.46. The minimum Gasteiger partial charge on any atom is -0.396 e. The van der Waals surface area contributed by atoms with E-state index in [0.29, 0.717) is 0 Å². The van der Waals surface area contributed by atoms with Crippen molar-refractivity contribution in [3.63, 3.8) is 0 Å². The van der Waals surface area contributed by atoms with Crippen molar-refractivity contribution in [3.8, 4) is 0 Å². The van der Waals surface area contributed by atoms with Crippen LogP contribution in [0.4, 0.5) is 0 Å². The molecule has 0 unspecified atom stereocenters. The molecule has 0 aliphatic heterocycles. The summed E-state index contributed by atoms with van der Waals surface area (Å²) >= 11 is 0. The van der Waals surface area contributed by atoms with E-state index in [-0.39, 0.29) is 27.3 Å². The van der Waals surface area contributed by atoms with E-state index in [2.05, 4.69) is 0 Å². The van der Waals surface area contributed by atoms with Crippen LogP contribution < -0.4 is 0 Å². The van der Waals surface area contributed by atoms with Crippen LogP contribution in [-0.2, 0) is 0 Å². The molecule has 4 radical (unpaired) electrons. The third-order valence-corrected chi connectivity index (χ3v) is 2.68. The summed E-state index contributed by atoms with van der Waals surface area (Å²) in [5.74, 6) is 0. The van der Waals surface area contributed by atoms with Crippen molar-refractivity contribution in [2.75, 3.05) is 52.9 Å². The van der Waals surface area contributed by atoms with Crippen LogP contribution in [0.3, 0.4) is 0 Å². The van der Waals surface area contributed by atoms with E-state index in [9.17, 15) is 0 Å². The van der Waals surface area contributed by atoms with E-state index in [1.54, 1.807) is 0 Å². The van der Waals surface area contributed by atoms with Crippen molar-refractivity contribution in [3.05, 3.63) is 0 Å². The van der Waals surface area contributed by atoms with E-state index in [1.807, 2.05) is 0 Å². The van der Waals surface area contributed by atoms with Gasteiger partial charge in [0.05, 0.1) is 63.7 Å². The molecule has 19 heavy (non-hydrogen) atoms. The predicted molar refractivity (Wildman–Crippen MR) is 67.3 cm³/mol. The van der Waals surface area contributed by atoms with Crippen molar-refractivity contribution in [2.24, 2.45) is 10.8 Å². The van der Waals surface area contributed by atoms with Crippen LogP contribution in [0.25, 0.3) is 0 Å². The zero-order valence-corrected chi connectivity index (χ0v) is 14.6. The minimum atomic E-state index is -1.11. The monoisotopic (exact) mass is 480 g/mol. The van der Waals surface area contributed by atoms with Crippen LogP contribution >= 0.6 is 0 Å². The Hall–Kier alpha value is 0.602. The molecule has 0 aromatic carbocycles. The zero-order chi connectivity index (χ0) is 14.7. The first-order chi connectivity index (χ1) is 8.49. The van der Waals surface area contributed by atoms with E-state index in [1.165, 1.54) is 0 Å². The van der Waals surface area contributed by atoms with Gasteiger partial charge in [-0.2, -0.15) is 0 Å². The topological polar surface area (TPSA) is 162 Å². The molecule has 0 atom stereocenters. The maximum Gasteiger partial charge on any atom is 0.0627 e. The van der Waals surface area contributed by atoms with Gasteiger partial charge in [0.2, 0.25) is 0 Å². The van der Waals surface area contributed by atoms with Crippen LogP contribution in [-0.4, -0.2) is 121 Å². The number of rotatable bonds is 8. The molecule has 0 aromatic rings. The van der Waals surface area contributed by atoms with Crippen LogP contribution in [0.5, 0.6) is 0 Å². The molecular formula is C10H24O8Pb. The van der Waals surface area contributed by atoms with Crippen molar-refractivity contribution in [1.29, 1.82) is 0 Å². The molecule has 0 aliphatic carbocycles. The van der Waals surface area contributed by atoms with Gasteiger partial charge in [-0.05, 0) is 0 Å². The molecule has 0 saturated heterocycles. The Labute approximate surface area is 132 Å².